The van der Waals surface area contributed by atoms with Crippen molar-refractivity contribution in [3.8, 4) is 6.07 Å². The van der Waals surface area contributed by atoms with Crippen LogP contribution in [0.3, 0.4) is 0 Å². The van der Waals surface area contributed by atoms with E-state index in [1.54, 1.807) is 12.3 Å². The molecule has 6 heteroatoms. The molecule has 0 radical (unpaired) electrons. The van der Waals surface area contributed by atoms with E-state index in [0.29, 0.717) is 17.8 Å². The Morgan fingerprint density at radius 1 is 1.50 bits per heavy atom. The summed E-state index contributed by atoms with van der Waals surface area (Å²) in [7, 11) is 0. The number of rotatable bonds is 4. The second-order valence-corrected chi connectivity index (χ2v) is 4.60. The van der Waals surface area contributed by atoms with Gasteiger partial charge in [-0.25, -0.2) is 4.98 Å². The van der Waals surface area contributed by atoms with Crippen molar-refractivity contribution in [1.29, 1.82) is 5.26 Å². The highest BCUT2D eigenvalue weighted by atomic mass is 16.1. The number of hydrogen-bond acceptors (Lipinski definition) is 4. The highest BCUT2D eigenvalue weighted by molar-refractivity contribution is 5.93. The van der Waals surface area contributed by atoms with Crippen LogP contribution in [-0.4, -0.2) is 27.2 Å². The lowest BCUT2D eigenvalue weighted by Gasteiger charge is -2.13. The van der Waals surface area contributed by atoms with Gasteiger partial charge in [-0.1, -0.05) is 0 Å². The monoisotopic (exact) mass is 269 g/mol. The fourth-order valence-electron chi connectivity index (χ4n) is 1.70. The van der Waals surface area contributed by atoms with Crippen molar-refractivity contribution in [3.63, 3.8) is 0 Å². The van der Waals surface area contributed by atoms with Crippen molar-refractivity contribution in [2.24, 2.45) is 0 Å². The summed E-state index contributed by atoms with van der Waals surface area (Å²) in [5.41, 5.74) is 1.81. The molecule has 1 amide bonds. The van der Waals surface area contributed by atoms with Crippen LogP contribution in [-0.2, 0) is 0 Å². The van der Waals surface area contributed by atoms with E-state index in [-0.39, 0.29) is 11.9 Å². The van der Waals surface area contributed by atoms with Gasteiger partial charge in [0.15, 0.2) is 0 Å². The van der Waals surface area contributed by atoms with Crippen LogP contribution in [0.15, 0.2) is 30.7 Å². The molecule has 0 aliphatic rings. The zero-order chi connectivity index (χ0) is 14.5. The second-order valence-electron chi connectivity index (χ2n) is 4.60. The molecule has 20 heavy (non-hydrogen) atoms. The molecule has 1 unspecified atom stereocenters. The van der Waals surface area contributed by atoms with E-state index in [0.717, 1.165) is 5.56 Å². The lowest BCUT2D eigenvalue weighted by Crippen LogP contribution is -2.29. The Labute approximate surface area is 117 Å². The van der Waals surface area contributed by atoms with Crippen LogP contribution >= 0.6 is 0 Å². The summed E-state index contributed by atoms with van der Waals surface area (Å²) in [6.07, 6.45) is 5.11. The summed E-state index contributed by atoms with van der Waals surface area (Å²) in [4.78, 5) is 15.8. The highest BCUT2D eigenvalue weighted by Gasteiger charge is 2.10. The van der Waals surface area contributed by atoms with Crippen LogP contribution in [0.2, 0.25) is 0 Å². The van der Waals surface area contributed by atoms with E-state index in [9.17, 15) is 4.79 Å². The van der Waals surface area contributed by atoms with Crippen LogP contribution in [0, 0.1) is 18.3 Å². The van der Waals surface area contributed by atoms with Crippen molar-refractivity contribution < 1.29 is 4.79 Å². The summed E-state index contributed by atoms with van der Waals surface area (Å²) in [6, 6.07) is 5.09. The molecule has 0 saturated carbocycles. The Morgan fingerprint density at radius 3 is 2.85 bits per heavy atom. The van der Waals surface area contributed by atoms with Gasteiger partial charge in [-0.05, 0) is 31.5 Å². The number of pyridine rings is 1. The Bertz CT molecular complexity index is 638. The standard InChI is InChI=1S/C14H15N5O/c1-10-6-18-19(9-10)11(2)7-17-14(20)12-3-4-13(5-15)16-8-12/h3-4,6,8-9,11H,7H2,1-2H3,(H,17,20). The zero-order valence-electron chi connectivity index (χ0n) is 11.4. The van der Waals surface area contributed by atoms with E-state index in [1.807, 2.05) is 30.8 Å². The van der Waals surface area contributed by atoms with Gasteiger partial charge in [-0.15, -0.1) is 0 Å². The molecule has 6 nitrogen and oxygen atoms in total. The van der Waals surface area contributed by atoms with Gasteiger partial charge in [-0.3, -0.25) is 9.48 Å². The SMILES string of the molecule is Cc1cnn(C(C)CNC(=O)c2ccc(C#N)nc2)c1. The number of nitrogens with zero attached hydrogens (tertiary/aromatic N) is 4. The van der Waals surface area contributed by atoms with Gasteiger partial charge in [-0.2, -0.15) is 10.4 Å². The number of amides is 1. The molecule has 0 aliphatic heterocycles. The summed E-state index contributed by atoms with van der Waals surface area (Å²) in [5.74, 6) is -0.210. The van der Waals surface area contributed by atoms with E-state index in [4.69, 9.17) is 5.26 Å². The smallest absolute Gasteiger partial charge is 0.252 e. The molecular weight excluding hydrogens is 254 g/mol. The molecule has 1 N–H and O–H groups in total. The summed E-state index contributed by atoms with van der Waals surface area (Å²) < 4.78 is 1.81. The fraction of sp³-hybridized carbons (Fsp3) is 0.286. The lowest BCUT2D eigenvalue weighted by molar-refractivity contribution is 0.0947. The van der Waals surface area contributed by atoms with Crippen LogP contribution < -0.4 is 5.32 Å². The molecule has 102 valence electrons. The van der Waals surface area contributed by atoms with E-state index < -0.39 is 0 Å². The van der Waals surface area contributed by atoms with Crippen molar-refractivity contribution in [2.75, 3.05) is 6.54 Å². The lowest BCUT2D eigenvalue weighted by atomic mass is 10.2. The molecule has 0 bridgehead atoms. The Morgan fingerprint density at radius 2 is 2.30 bits per heavy atom. The molecule has 0 aromatic carbocycles. The predicted molar refractivity (Wildman–Crippen MR) is 73.0 cm³/mol. The molecule has 2 heterocycles. The average molecular weight is 269 g/mol. The normalized spacial score (nSPS) is 11.7. The van der Waals surface area contributed by atoms with Gasteiger partial charge in [0.1, 0.15) is 11.8 Å². The number of aromatic nitrogens is 3. The average Bonchev–Trinajstić information content (AvgIpc) is 2.91. The van der Waals surface area contributed by atoms with Crippen LogP contribution in [0.1, 0.15) is 34.6 Å². The number of carbonyl (C=O) groups excluding carboxylic acids is 1. The van der Waals surface area contributed by atoms with Gasteiger partial charge in [0, 0.05) is 18.9 Å². The first kappa shape index (κ1) is 13.7. The molecular formula is C14H15N5O. The Hall–Kier alpha value is -2.68. The maximum Gasteiger partial charge on any atom is 0.252 e. The Kier molecular flexibility index (Phi) is 4.11. The van der Waals surface area contributed by atoms with Crippen molar-refractivity contribution in [1.82, 2.24) is 20.1 Å². The van der Waals surface area contributed by atoms with Crippen molar-refractivity contribution >= 4 is 5.91 Å². The fourth-order valence-corrected chi connectivity index (χ4v) is 1.70. The van der Waals surface area contributed by atoms with Crippen molar-refractivity contribution in [3.05, 3.63) is 47.5 Å². The second kappa shape index (κ2) is 5.97. The van der Waals surface area contributed by atoms with E-state index >= 15 is 0 Å². The summed E-state index contributed by atoms with van der Waals surface area (Å²) >= 11 is 0. The maximum absolute atomic E-state index is 11.9. The van der Waals surface area contributed by atoms with Gasteiger partial charge < -0.3 is 5.32 Å². The zero-order valence-corrected chi connectivity index (χ0v) is 11.4. The quantitative estimate of drug-likeness (QED) is 0.910. The van der Waals surface area contributed by atoms with Crippen LogP contribution in [0.4, 0.5) is 0 Å². The number of nitriles is 1. The molecule has 2 rings (SSSR count). The number of nitrogens with one attached hydrogen (secondary N) is 1. The van der Waals surface area contributed by atoms with E-state index in [1.165, 1.54) is 12.3 Å². The third-order valence-electron chi connectivity index (χ3n) is 2.88. The largest absolute Gasteiger partial charge is 0.350 e. The molecule has 0 fully saturated rings. The van der Waals surface area contributed by atoms with Crippen LogP contribution in [0.5, 0.6) is 0 Å². The minimum atomic E-state index is -0.210. The van der Waals surface area contributed by atoms with Gasteiger partial charge >= 0.3 is 0 Å². The first-order valence-corrected chi connectivity index (χ1v) is 6.25. The van der Waals surface area contributed by atoms with E-state index in [2.05, 4.69) is 15.4 Å². The minimum absolute atomic E-state index is 0.0685. The third kappa shape index (κ3) is 3.20. The topological polar surface area (TPSA) is 83.6 Å². The number of hydrogen-bond donors (Lipinski definition) is 1. The molecule has 2 aromatic heterocycles. The number of carbonyl (C=O) groups is 1. The molecule has 0 saturated heterocycles. The molecule has 0 spiro atoms. The first-order chi connectivity index (χ1) is 9.60. The third-order valence-corrected chi connectivity index (χ3v) is 2.88. The van der Waals surface area contributed by atoms with Gasteiger partial charge in [0.05, 0.1) is 17.8 Å². The Balaban J connectivity index is 1.93. The van der Waals surface area contributed by atoms with Gasteiger partial charge in [0.2, 0.25) is 0 Å². The summed E-state index contributed by atoms with van der Waals surface area (Å²) in [6.45, 7) is 4.42. The maximum atomic E-state index is 11.9. The van der Waals surface area contributed by atoms with Gasteiger partial charge in [0.25, 0.3) is 5.91 Å². The molecule has 2 aromatic rings. The first-order valence-electron chi connectivity index (χ1n) is 6.25. The van der Waals surface area contributed by atoms with Crippen LogP contribution in [0.25, 0.3) is 0 Å². The number of aryl methyl sites for hydroxylation is 1. The molecule has 0 aliphatic carbocycles. The minimum Gasteiger partial charge on any atom is -0.350 e. The summed E-state index contributed by atoms with van der Waals surface area (Å²) in [5, 5.41) is 15.7. The molecule has 1 atom stereocenters. The van der Waals surface area contributed by atoms with Crippen molar-refractivity contribution in [2.45, 2.75) is 19.9 Å². The highest BCUT2D eigenvalue weighted by Crippen LogP contribution is 2.05. The predicted octanol–water partition coefficient (Wildman–Crippen LogP) is 1.45.